The van der Waals surface area contributed by atoms with E-state index in [1.807, 2.05) is 0 Å². The average Bonchev–Trinajstić information content (AvgIpc) is 2.51. The van der Waals surface area contributed by atoms with E-state index in [2.05, 4.69) is 0 Å². The molecule has 0 saturated heterocycles. The van der Waals surface area contributed by atoms with Gasteiger partial charge in [0.1, 0.15) is 17.4 Å². The van der Waals surface area contributed by atoms with E-state index in [1.165, 1.54) is 48.5 Å². The summed E-state index contributed by atoms with van der Waals surface area (Å²) in [5.74, 6) is -1.68. The van der Waals surface area contributed by atoms with Gasteiger partial charge in [0, 0.05) is 10.8 Å². The lowest BCUT2D eigenvalue weighted by atomic mass is 10.0. The van der Waals surface area contributed by atoms with Gasteiger partial charge in [-0.15, -0.1) is 0 Å². The van der Waals surface area contributed by atoms with Crippen LogP contribution in [0, 0.1) is 11.6 Å². The molecule has 122 valence electrons. The van der Waals surface area contributed by atoms with Crippen LogP contribution in [0.3, 0.4) is 0 Å². The minimum atomic E-state index is -1.62. The number of carbonyl (C=O) groups is 1. The molecule has 0 N–H and O–H groups in total. The lowest BCUT2D eigenvalue weighted by Crippen LogP contribution is -2.19. The second-order valence-electron chi connectivity index (χ2n) is 4.81. The highest BCUT2D eigenvalue weighted by Crippen LogP contribution is 2.29. The molecular weight excluding hydrogens is 322 g/mol. The van der Waals surface area contributed by atoms with E-state index in [0.717, 1.165) is 0 Å². The molecule has 0 fully saturated rings. The molecule has 23 heavy (non-hydrogen) atoms. The molecule has 0 spiro atoms. The highest BCUT2D eigenvalue weighted by molar-refractivity contribution is 7.86. The average molecular weight is 338 g/mol. The molecule has 0 bridgehead atoms. The summed E-state index contributed by atoms with van der Waals surface area (Å²) in [5.41, 5.74) is 1.17. The maximum absolute atomic E-state index is 13.1. The number of hydrogen-bond acceptors (Lipinski definition) is 3. The largest absolute Gasteiger partial charge is 0.465 e. The molecule has 3 nitrogen and oxygen atoms in total. The Bertz CT molecular complexity index is 638. The quantitative estimate of drug-likeness (QED) is 0.759. The summed E-state index contributed by atoms with van der Waals surface area (Å²) in [5, 5.41) is -0.666. The Balaban J connectivity index is 2.34. The molecular formula is C17H16F2O3S. The first kappa shape index (κ1) is 17.3. The van der Waals surface area contributed by atoms with Crippen molar-refractivity contribution in [3.63, 3.8) is 0 Å². The molecule has 2 rings (SSSR count). The Hall–Kier alpha value is -2.08. The maximum Gasteiger partial charge on any atom is 0.318 e. The number of halogens is 2. The summed E-state index contributed by atoms with van der Waals surface area (Å²) >= 11 is 0. The van der Waals surface area contributed by atoms with Gasteiger partial charge in [0.2, 0.25) is 0 Å². The number of esters is 1. The predicted octanol–water partition coefficient (Wildman–Crippen LogP) is 3.37. The van der Waals surface area contributed by atoms with Crippen molar-refractivity contribution >= 4 is 16.8 Å². The fourth-order valence-corrected chi connectivity index (χ4v) is 3.58. The summed E-state index contributed by atoms with van der Waals surface area (Å²) in [6.07, 6.45) is 0. The SMILES string of the molecule is CCOC(=O)CS(=O)C(c1ccc(F)cc1)c1ccc(F)cc1. The topological polar surface area (TPSA) is 43.4 Å². The Kier molecular flexibility index (Phi) is 5.98. The zero-order chi connectivity index (χ0) is 16.8. The van der Waals surface area contributed by atoms with E-state index >= 15 is 0 Å². The van der Waals surface area contributed by atoms with Gasteiger partial charge < -0.3 is 4.74 Å². The maximum atomic E-state index is 13.1. The fraction of sp³-hybridized carbons (Fsp3) is 0.235. The number of ether oxygens (including phenoxy) is 1. The Morgan fingerprint density at radius 1 is 1.00 bits per heavy atom. The lowest BCUT2D eigenvalue weighted by Gasteiger charge is -2.17. The van der Waals surface area contributed by atoms with E-state index in [-0.39, 0.29) is 12.4 Å². The molecule has 0 aliphatic rings. The second-order valence-corrected chi connectivity index (χ2v) is 6.33. The first-order valence-electron chi connectivity index (χ1n) is 7.05. The van der Waals surface area contributed by atoms with E-state index in [9.17, 15) is 17.8 Å². The fourth-order valence-electron chi connectivity index (χ4n) is 2.17. The number of carbonyl (C=O) groups excluding carboxylic acids is 1. The minimum Gasteiger partial charge on any atom is -0.465 e. The Labute approximate surface area is 135 Å². The number of benzene rings is 2. The molecule has 0 aliphatic carbocycles. The third kappa shape index (κ3) is 4.69. The summed E-state index contributed by atoms with van der Waals surface area (Å²) in [7, 11) is -1.62. The zero-order valence-electron chi connectivity index (χ0n) is 12.5. The van der Waals surface area contributed by atoms with Crippen molar-refractivity contribution in [1.82, 2.24) is 0 Å². The first-order chi connectivity index (χ1) is 11.0. The van der Waals surface area contributed by atoms with Crippen molar-refractivity contribution in [3.8, 4) is 0 Å². The van der Waals surface area contributed by atoms with Crippen LogP contribution in [0.25, 0.3) is 0 Å². The van der Waals surface area contributed by atoms with E-state index in [4.69, 9.17) is 4.74 Å². The van der Waals surface area contributed by atoms with E-state index in [0.29, 0.717) is 11.1 Å². The van der Waals surface area contributed by atoms with E-state index < -0.39 is 33.7 Å². The van der Waals surface area contributed by atoms with Crippen molar-refractivity contribution in [2.75, 3.05) is 12.4 Å². The predicted molar refractivity (Wildman–Crippen MR) is 84.3 cm³/mol. The monoisotopic (exact) mass is 338 g/mol. The molecule has 2 aromatic carbocycles. The van der Waals surface area contributed by atoms with Crippen molar-refractivity contribution in [2.45, 2.75) is 12.2 Å². The second kappa shape index (κ2) is 7.97. The van der Waals surface area contributed by atoms with Crippen molar-refractivity contribution in [3.05, 3.63) is 71.3 Å². The van der Waals surface area contributed by atoms with Gasteiger partial charge in [-0.1, -0.05) is 24.3 Å². The highest BCUT2D eigenvalue weighted by atomic mass is 32.2. The van der Waals surface area contributed by atoms with Crippen LogP contribution in [0.15, 0.2) is 48.5 Å². The minimum absolute atomic E-state index is 0.202. The third-order valence-electron chi connectivity index (χ3n) is 3.17. The molecule has 1 atom stereocenters. The molecule has 2 aromatic rings. The molecule has 1 unspecified atom stereocenters. The van der Waals surface area contributed by atoms with Crippen molar-refractivity contribution in [1.29, 1.82) is 0 Å². The molecule has 0 heterocycles. The van der Waals surface area contributed by atoms with Gasteiger partial charge in [0.05, 0.1) is 11.9 Å². The lowest BCUT2D eigenvalue weighted by molar-refractivity contribution is -0.139. The van der Waals surface area contributed by atoms with Crippen LogP contribution in [0.1, 0.15) is 23.3 Å². The summed E-state index contributed by atoms with van der Waals surface area (Å²) in [6, 6.07) is 11.1. The number of rotatable bonds is 6. The van der Waals surface area contributed by atoms with Crippen molar-refractivity contribution < 1.29 is 22.5 Å². The molecule has 0 radical (unpaired) electrons. The summed E-state index contributed by atoms with van der Waals surface area (Å²) in [4.78, 5) is 11.6. The Morgan fingerprint density at radius 3 is 1.83 bits per heavy atom. The van der Waals surface area contributed by atoms with Gasteiger partial charge in [-0.05, 0) is 42.3 Å². The van der Waals surface area contributed by atoms with Gasteiger partial charge in [-0.25, -0.2) is 8.78 Å². The highest BCUT2D eigenvalue weighted by Gasteiger charge is 2.24. The van der Waals surface area contributed by atoms with Crippen LogP contribution < -0.4 is 0 Å². The summed E-state index contributed by atoms with van der Waals surface area (Å²) in [6.45, 7) is 1.87. The smallest absolute Gasteiger partial charge is 0.318 e. The van der Waals surface area contributed by atoms with Crippen LogP contribution in [0.2, 0.25) is 0 Å². The third-order valence-corrected chi connectivity index (χ3v) is 4.76. The molecule has 0 saturated carbocycles. The molecule has 0 amide bonds. The van der Waals surface area contributed by atoms with Crippen LogP contribution in [0.5, 0.6) is 0 Å². The van der Waals surface area contributed by atoms with Gasteiger partial charge in [0.25, 0.3) is 0 Å². The number of hydrogen-bond donors (Lipinski definition) is 0. The van der Waals surface area contributed by atoms with Crippen LogP contribution >= 0.6 is 0 Å². The van der Waals surface area contributed by atoms with E-state index in [1.54, 1.807) is 6.92 Å². The zero-order valence-corrected chi connectivity index (χ0v) is 13.3. The molecule has 0 aromatic heterocycles. The first-order valence-corrected chi connectivity index (χ1v) is 8.43. The van der Waals surface area contributed by atoms with Gasteiger partial charge >= 0.3 is 5.97 Å². The molecule has 6 heteroatoms. The van der Waals surface area contributed by atoms with Gasteiger partial charge in [0.15, 0.2) is 0 Å². The van der Waals surface area contributed by atoms with Crippen LogP contribution in [-0.2, 0) is 20.3 Å². The van der Waals surface area contributed by atoms with Gasteiger partial charge in [-0.3, -0.25) is 9.00 Å². The molecule has 0 aliphatic heterocycles. The van der Waals surface area contributed by atoms with Gasteiger partial charge in [-0.2, -0.15) is 0 Å². The summed E-state index contributed by atoms with van der Waals surface area (Å²) < 4.78 is 43.7. The standard InChI is InChI=1S/C17H16F2O3S/c1-2-22-16(20)11-23(21)17(12-3-7-14(18)8-4-12)13-5-9-15(19)10-6-13/h3-10,17H,2,11H2,1H3. The van der Waals surface area contributed by atoms with Crippen LogP contribution in [-0.4, -0.2) is 22.5 Å². The van der Waals surface area contributed by atoms with Crippen molar-refractivity contribution in [2.24, 2.45) is 0 Å². The Morgan fingerprint density at radius 2 is 1.43 bits per heavy atom. The normalized spacial score (nSPS) is 12.2. The van der Waals surface area contributed by atoms with Crippen LogP contribution in [0.4, 0.5) is 8.78 Å².